The molecule has 2 aromatic heterocycles. The van der Waals surface area contributed by atoms with Crippen molar-refractivity contribution in [1.82, 2.24) is 25.5 Å². The van der Waals surface area contributed by atoms with Crippen molar-refractivity contribution in [3.05, 3.63) is 46.3 Å². The van der Waals surface area contributed by atoms with E-state index in [0.717, 1.165) is 36.4 Å². The monoisotopic (exact) mass is 401 g/mol. The number of nitrogens with one attached hydrogen (secondary N) is 1. The maximum absolute atomic E-state index is 15.1. The Morgan fingerprint density at radius 1 is 1.29 bits per heavy atom. The molecule has 0 radical (unpaired) electrons. The topological polar surface area (TPSA) is 64.9 Å². The summed E-state index contributed by atoms with van der Waals surface area (Å²) in [7, 11) is 1.61. The molecule has 0 unspecified atom stereocenters. The van der Waals surface area contributed by atoms with E-state index in [0.29, 0.717) is 36.0 Å². The number of aromatic nitrogens is 4. The van der Waals surface area contributed by atoms with Crippen LogP contribution in [-0.4, -0.2) is 40.4 Å². The van der Waals surface area contributed by atoms with E-state index in [4.69, 9.17) is 4.74 Å². The molecule has 0 atom stereocenters. The fraction of sp³-hybridized carbons (Fsp3) is 0.450. The minimum Gasteiger partial charge on any atom is -0.496 e. The quantitative estimate of drug-likeness (QED) is 0.683. The average molecular weight is 402 g/mol. The predicted octanol–water partition coefficient (Wildman–Crippen LogP) is 3.63. The number of hydrogen-bond donors (Lipinski definition) is 1. The molecule has 0 bridgehead atoms. The van der Waals surface area contributed by atoms with Crippen molar-refractivity contribution in [2.45, 2.75) is 38.6 Å². The Balaban J connectivity index is 1.79. The van der Waals surface area contributed by atoms with Crippen LogP contribution in [0.2, 0.25) is 0 Å². The molecule has 4 rings (SSSR count). The number of thiophene rings is 1. The van der Waals surface area contributed by atoms with Crippen molar-refractivity contribution in [2.24, 2.45) is 0 Å². The van der Waals surface area contributed by atoms with Gasteiger partial charge in [0.05, 0.1) is 13.7 Å². The molecule has 148 valence electrons. The second-order valence-corrected chi connectivity index (χ2v) is 7.82. The van der Waals surface area contributed by atoms with Crippen LogP contribution >= 0.6 is 11.3 Å². The van der Waals surface area contributed by atoms with Crippen molar-refractivity contribution in [3.8, 4) is 16.2 Å². The number of ether oxygens (including phenoxy) is 1. The fourth-order valence-corrected chi connectivity index (χ4v) is 4.89. The van der Waals surface area contributed by atoms with E-state index in [1.807, 2.05) is 6.92 Å². The summed E-state index contributed by atoms with van der Waals surface area (Å²) < 4.78 is 20.7. The van der Waals surface area contributed by atoms with Crippen LogP contribution in [0.15, 0.2) is 23.6 Å². The van der Waals surface area contributed by atoms with E-state index in [1.54, 1.807) is 24.5 Å². The minimum absolute atomic E-state index is 0.240. The molecule has 1 aliphatic rings. The van der Waals surface area contributed by atoms with Gasteiger partial charge in [-0.1, -0.05) is 0 Å². The first-order valence-corrected chi connectivity index (χ1v) is 10.5. The third-order valence-electron chi connectivity index (χ3n) is 5.25. The molecule has 3 heterocycles. The lowest BCUT2D eigenvalue weighted by molar-refractivity contribution is 0.409. The van der Waals surface area contributed by atoms with Crippen molar-refractivity contribution in [2.75, 3.05) is 20.2 Å². The SMILES string of the molecule is CCn1nnc(Cc2c(OC)ccc(F)c2-c2sccc2C2CCNCC2)n1. The molecule has 1 aliphatic heterocycles. The number of nitrogens with zero attached hydrogens (tertiary/aromatic N) is 4. The van der Waals surface area contributed by atoms with Crippen LogP contribution < -0.4 is 10.1 Å². The van der Waals surface area contributed by atoms with Gasteiger partial charge in [0.25, 0.3) is 0 Å². The number of aryl methyl sites for hydroxylation is 1. The van der Waals surface area contributed by atoms with Crippen LogP contribution in [0.3, 0.4) is 0 Å². The van der Waals surface area contributed by atoms with Crippen LogP contribution in [0.4, 0.5) is 4.39 Å². The fourth-order valence-electron chi connectivity index (χ4n) is 3.83. The molecule has 1 N–H and O–H groups in total. The lowest BCUT2D eigenvalue weighted by Gasteiger charge is -2.24. The smallest absolute Gasteiger partial charge is 0.179 e. The van der Waals surface area contributed by atoms with Gasteiger partial charge in [-0.25, -0.2) is 4.39 Å². The van der Waals surface area contributed by atoms with Crippen molar-refractivity contribution in [1.29, 1.82) is 0 Å². The summed E-state index contributed by atoms with van der Waals surface area (Å²) in [6.07, 6.45) is 2.51. The molecule has 1 fully saturated rings. The van der Waals surface area contributed by atoms with Gasteiger partial charge in [0.15, 0.2) is 5.82 Å². The molecule has 0 spiro atoms. The van der Waals surface area contributed by atoms with Gasteiger partial charge in [-0.05, 0) is 73.1 Å². The average Bonchev–Trinajstić information content (AvgIpc) is 3.38. The molecule has 8 heteroatoms. The zero-order chi connectivity index (χ0) is 19.5. The summed E-state index contributed by atoms with van der Waals surface area (Å²) in [5.74, 6) is 1.41. The van der Waals surface area contributed by atoms with Crippen LogP contribution in [0.25, 0.3) is 10.4 Å². The molecular weight excluding hydrogens is 377 g/mol. The van der Waals surface area contributed by atoms with Gasteiger partial charge in [0.1, 0.15) is 11.6 Å². The first-order chi connectivity index (χ1) is 13.7. The van der Waals surface area contributed by atoms with Crippen LogP contribution in [0.5, 0.6) is 5.75 Å². The van der Waals surface area contributed by atoms with Gasteiger partial charge >= 0.3 is 0 Å². The number of benzene rings is 1. The third-order valence-corrected chi connectivity index (χ3v) is 6.20. The maximum Gasteiger partial charge on any atom is 0.179 e. The predicted molar refractivity (Wildman–Crippen MR) is 107 cm³/mol. The highest BCUT2D eigenvalue weighted by atomic mass is 32.1. The standard InChI is InChI=1S/C20H24FN5OS/c1-3-26-24-18(23-25-26)12-15-17(27-2)5-4-16(21)19(15)20-14(8-11-28-20)13-6-9-22-10-7-13/h4-5,8,11,13,22H,3,6-7,9-10,12H2,1-2H3. The lowest BCUT2D eigenvalue weighted by Crippen LogP contribution is -2.26. The normalized spacial score (nSPS) is 15.1. The number of piperidine rings is 1. The second kappa shape index (κ2) is 8.36. The van der Waals surface area contributed by atoms with Gasteiger partial charge < -0.3 is 10.1 Å². The molecule has 1 aromatic carbocycles. The first kappa shape index (κ1) is 19.0. The molecule has 3 aromatic rings. The Hall–Kier alpha value is -2.32. The summed E-state index contributed by atoms with van der Waals surface area (Å²) in [5, 5.41) is 18.0. The Morgan fingerprint density at radius 2 is 2.11 bits per heavy atom. The Bertz CT molecular complexity index is 948. The number of tetrazole rings is 1. The summed E-state index contributed by atoms with van der Waals surface area (Å²) in [5.41, 5.74) is 2.61. The van der Waals surface area contributed by atoms with E-state index >= 15 is 4.39 Å². The van der Waals surface area contributed by atoms with Gasteiger partial charge in [-0.2, -0.15) is 4.80 Å². The molecule has 0 amide bonds. The van der Waals surface area contributed by atoms with Crippen LogP contribution in [-0.2, 0) is 13.0 Å². The number of hydrogen-bond acceptors (Lipinski definition) is 6. The second-order valence-electron chi connectivity index (χ2n) is 6.90. The van der Waals surface area contributed by atoms with Gasteiger partial charge in [0, 0.05) is 22.4 Å². The Labute approximate surface area is 167 Å². The van der Waals surface area contributed by atoms with Crippen molar-refractivity contribution >= 4 is 11.3 Å². The van der Waals surface area contributed by atoms with Crippen molar-refractivity contribution in [3.63, 3.8) is 0 Å². The summed E-state index contributed by atoms with van der Waals surface area (Å²) in [6, 6.07) is 5.31. The van der Waals surface area contributed by atoms with Crippen molar-refractivity contribution < 1.29 is 9.13 Å². The molecule has 1 saturated heterocycles. The molecular formula is C20H24FN5OS. The van der Waals surface area contributed by atoms with Gasteiger partial charge in [0.2, 0.25) is 0 Å². The largest absolute Gasteiger partial charge is 0.496 e. The van der Waals surface area contributed by atoms with E-state index in [-0.39, 0.29) is 5.82 Å². The molecule has 6 nitrogen and oxygen atoms in total. The number of rotatable bonds is 6. The van der Waals surface area contributed by atoms with E-state index in [2.05, 4.69) is 32.2 Å². The highest BCUT2D eigenvalue weighted by Gasteiger charge is 2.25. The Morgan fingerprint density at radius 3 is 2.82 bits per heavy atom. The molecule has 28 heavy (non-hydrogen) atoms. The van der Waals surface area contributed by atoms with Crippen LogP contribution in [0, 0.1) is 5.82 Å². The zero-order valence-electron chi connectivity index (χ0n) is 16.1. The molecule has 0 aliphatic carbocycles. The van der Waals surface area contributed by atoms with E-state index < -0.39 is 0 Å². The third kappa shape index (κ3) is 3.66. The summed E-state index contributed by atoms with van der Waals surface area (Å²) in [6.45, 7) is 4.59. The highest BCUT2D eigenvalue weighted by molar-refractivity contribution is 7.13. The van der Waals surface area contributed by atoms with E-state index in [9.17, 15) is 0 Å². The van der Waals surface area contributed by atoms with E-state index in [1.165, 1.54) is 16.4 Å². The number of methoxy groups -OCH3 is 1. The first-order valence-electron chi connectivity index (χ1n) is 9.61. The lowest BCUT2D eigenvalue weighted by atomic mass is 9.88. The van der Waals surface area contributed by atoms with Gasteiger partial charge in [-0.15, -0.1) is 21.5 Å². The summed E-state index contributed by atoms with van der Waals surface area (Å²) in [4.78, 5) is 2.52. The van der Waals surface area contributed by atoms with Crippen LogP contribution in [0.1, 0.15) is 42.6 Å². The highest BCUT2D eigenvalue weighted by Crippen LogP contribution is 2.43. The summed E-state index contributed by atoms with van der Waals surface area (Å²) >= 11 is 1.59. The minimum atomic E-state index is -0.240. The Kier molecular flexibility index (Phi) is 5.68. The number of halogens is 1. The maximum atomic E-state index is 15.1. The molecule has 0 saturated carbocycles. The van der Waals surface area contributed by atoms with Gasteiger partial charge in [-0.3, -0.25) is 0 Å². The zero-order valence-corrected chi connectivity index (χ0v) is 16.9.